The van der Waals surface area contributed by atoms with E-state index in [2.05, 4.69) is 34.4 Å². The molecule has 0 unspecified atom stereocenters. The quantitative estimate of drug-likeness (QED) is 0.728. The zero-order chi connectivity index (χ0) is 13.5. The van der Waals surface area contributed by atoms with Gasteiger partial charge >= 0.3 is 0 Å². The van der Waals surface area contributed by atoms with E-state index in [4.69, 9.17) is 4.74 Å². The van der Waals surface area contributed by atoms with Crippen molar-refractivity contribution in [2.45, 2.75) is 25.8 Å². The number of methoxy groups -OCH3 is 1. The summed E-state index contributed by atoms with van der Waals surface area (Å²) in [4.78, 5) is 6.81. The molecule has 0 saturated heterocycles. The Kier molecular flexibility index (Phi) is 5.61. The molecule has 0 aliphatic heterocycles. The molecule has 1 N–H and O–H groups in total. The van der Waals surface area contributed by atoms with Gasteiger partial charge in [-0.15, -0.1) is 0 Å². The van der Waals surface area contributed by atoms with Crippen LogP contribution >= 0.6 is 0 Å². The van der Waals surface area contributed by atoms with Gasteiger partial charge in [-0.2, -0.15) is 0 Å². The highest BCUT2D eigenvalue weighted by Crippen LogP contribution is 2.27. The Labute approximate surface area is 116 Å². The smallest absolute Gasteiger partial charge is 0.128 e. The number of pyridine rings is 1. The van der Waals surface area contributed by atoms with Crippen LogP contribution in [0, 0.1) is 5.92 Å². The summed E-state index contributed by atoms with van der Waals surface area (Å²) in [6, 6.07) is 4.27. The largest absolute Gasteiger partial charge is 0.383 e. The van der Waals surface area contributed by atoms with E-state index >= 15 is 0 Å². The number of anilines is 1. The van der Waals surface area contributed by atoms with Crippen LogP contribution in [0.2, 0.25) is 0 Å². The molecule has 4 nitrogen and oxygen atoms in total. The minimum atomic E-state index is 0.746. The van der Waals surface area contributed by atoms with Crippen LogP contribution in [-0.4, -0.2) is 38.8 Å². The van der Waals surface area contributed by atoms with Gasteiger partial charge in [0.15, 0.2) is 0 Å². The van der Waals surface area contributed by atoms with Crippen LogP contribution in [0.25, 0.3) is 0 Å². The van der Waals surface area contributed by atoms with Gasteiger partial charge in [0.05, 0.1) is 6.61 Å². The molecular weight excluding hydrogens is 238 g/mol. The molecule has 1 aliphatic carbocycles. The predicted octanol–water partition coefficient (Wildman–Crippen LogP) is 2.05. The van der Waals surface area contributed by atoms with Crippen LogP contribution in [0.4, 0.5) is 5.82 Å². The third kappa shape index (κ3) is 4.48. The lowest BCUT2D eigenvalue weighted by Gasteiger charge is -2.30. The Bertz CT molecular complexity index is 362. The summed E-state index contributed by atoms with van der Waals surface area (Å²) in [7, 11) is 3.85. The maximum Gasteiger partial charge on any atom is 0.128 e. The van der Waals surface area contributed by atoms with E-state index in [9.17, 15) is 0 Å². The predicted molar refractivity (Wildman–Crippen MR) is 78.4 cm³/mol. The van der Waals surface area contributed by atoms with Gasteiger partial charge in [-0.05, 0) is 30.4 Å². The van der Waals surface area contributed by atoms with Gasteiger partial charge in [0, 0.05) is 40.0 Å². The number of aromatic nitrogens is 1. The fourth-order valence-electron chi connectivity index (χ4n) is 2.31. The Hall–Kier alpha value is -1.13. The lowest BCUT2D eigenvalue weighted by Crippen LogP contribution is -2.29. The van der Waals surface area contributed by atoms with E-state index in [1.807, 2.05) is 6.20 Å². The van der Waals surface area contributed by atoms with Gasteiger partial charge in [-0.25, -0.2) is 4.98 Å². The Balaban J connectivity index is 1.76. The molecule has 1 heterocycles. The molecule has 2 rings (SSSR count). The van der Waals surface area contributed by atoms with Crippen molar-refractivity contribution < 1.29 is 4.74 Å². The fourth-order valence-corrected chi connectivity index (χ4v) is 2.31. The highest BCUT2D eigenvalue weighted by Gasteiger charge is 2.19. The number of nitrogens with one attached hydrogen (secondary N) is 1. The van der Waals surface area contributed by atoms with Crippen LogP contribution < -0.4 is 10.2 Å². The van der Waals surface area contributed by atoms with E-state index in [1.165, 1.54) is 24.8 Å². The van der Waals surface area contributed by atoms with Crippen molar-refractivity contribution in [3.05, 3.63) is 23.9 Å². The molecule has 0 amide bonds. The molecule has 1 aromatic rings. The van der Waals surface area contributed by atoms with E-state index in [-0.39, 0.29) is 0 Å². The summed E-state index contributed by atoms with van der Waals surface area (Å²) in [5, 5.41) is 3.32. The molecule has 19 heavy (non-hydrogen) atoms. The summed E-state index contributed by atoms with van der Waals surface area (Å²) < 4.78 is 5.00. The van der Waals surface area contributed by atoms with Gasteiger partial charge < -0.3 is 15.0 Å². The van der Waals surface area contributed by atoms with Gasteiger partial charge in [0.25, 0.3) is 0 Å². The van der Waals surface area contributed by atoms with Crippen LogP contribution in [0.5, 0.6) is 0 Å². The number of nitrogens with zero attached hydrogens (tertiary/aromatic N) is 2. The van der Waals surface area contributed by atoms with E-state index in [0.717, 1.165) is 38.0 Å². The van der Waals surface area contributed by atoms with Crippen LogP contribution in [-0.2, 0) is 11.3 Å². The first-order valence-corrected chi connectivity index (χ1v) is 7.15. The molecular formula is C15H25N3O. The first-order chi connectivity index (χ1) is 9.29. The van der Waals surface area contributed by atoms with Crippen molar-refractivity contribution in [1.29, 1.82) is 0 Å². The maximum atomic E-state index is 5.00. The molecule has 1 saturated carbocycles. The number of ether oxygens (including phenoxy) is 1. The highest BCUT2D eigenvalue weighted by atomic mass is 16.5. The second-order valence-corrected chi connectivity index (χ2v) is 5.37. The first kappa shape index (κ1) is 14.3. The second-order valence-electron chi connectivity index (χ2n) is 5.37. The van der Waals surface area contributed by atoms with E-state index in [0.29, 0.717) is 0 Å². The molecule has 0 spiro atoms. The van der Waals surface area contributed by atoms with Crippen molar-refractivity contribution in [2.75, 3.05) is 38.8 Å². The van der Waals surface area contributed by atoms with Crippen molar-refractivity contribution in [2.24, 2.45) is 5.92 Å². The minimum Gasteiger partial charge on any atom is -0.383 e. The average Bonchev–Trinajstić information content (AvgIpc) is 2.39. The Morgan fingerprint density at radius 3 is 2.84 bits per heavy atom. The van der Waals surface area contributed by atoms with Gasteiger partial charge in [0.1, 0.15) is 5.82 Å². The first-order valence-electron chi connectivity index (χ1n) is 7.15. The third-order valence-corrected chi connectivity index (χ3v) is 3.77. The zero-order valence-electron chi connectivity index (χ0n) is 12.1. The van der Waals surface area contributed by atoms with Crippen molar-refractivity contribution >= 4 is 5.82 Å². The van der Waals surface area contributed by atoms with Crippen molar-refractivity contribution in [3.63, 3.8) is 0 Å². The van der Waals surface area contributed by atoms with Crippen LogP contribution in [0.1, 0.15) is 24.8 Å². The van der Waals surface area contributed by atoms with Gasteiger partial charge in [-0.1, -0.05) is 12.5 Å². The summed E-state index contributed by atoms with van der Waals surface area (Å²) in [5.41, 5.74) is 1.22. The third-order valence-electron chi connectivity index (χ3n) is 3.77. The Morgan fingerprint density at radius 2 is 2.26 bits per heavy atom. The van der Waals surface area contributed by atoms with Gasteiger partial charge in [0.2, 0.25) is 0 Å². The normalized spacial score (nSPS) is 15.3. The molecule has 4 heteroatoms. The maximum absolute atomic E-state index is 5.00. The van der Waals surface area contributed by atoms with Gasteiger partial charge in [-0.3, -0.25) is 0 Å². The van der Waals surface area contributed by atoms with Crippen molar-refractivity contribution in [1.82, 2.24) is 10.3 Å². The summed E-state index contributed by atoms with van der Waals surface area (Å²) in [5.74, 6) is 1.95. The molecule has 0 atom stereocenters. The molecule has 1 aliphatic rings. The number of rotatable bonds is 8. The minimum absolute atomic E-state index is 0.746. The molecule has 0 aromatic carbocycles. The van der Waals surface area contributed by atoms with Crippen LogP contribution in [0.3, 0.4) is 0 Å². The standard InChI is InChI=1S/C15H25N3O/c1-18(12-13-4-3-5-13)15-7-6-14(11-17-15)10-16-8-9-19-2/h6-7,11,13,16H,3-5,8-10,12H2,1-2H3. The Morgan fingerprint density at radius 1 is 1.42 bits per heavy atom. The monoisotopic (exact) mass is 263 g/mol. The summed E-state index contributed by atoms with van der Waals surface area (Å²) in [6.45, 7) is 3.61. The SMILES string of the molecule is COCCNCc1ccc(N(C)CC2CCC2)nc1. The van der Waals surface area contributed by atoms with Crippen LogP contribution in [0.15, 0.2) is 18.3 Å². The molecule has 106 valence electrons. The average molecular weight is 263 g/mol. The molecule has 1 fully saturated rings. The highest BCUT2D eigenvalue weighted by molar-refractivity contribution is 5.38. The van der Waals surface area contributed by atoms with E-state index < -0.39 is 0 Å². The number of hydrogen-bond donors (Lipinski definition) is 1. The lowest BCUT2D eigenvalue weighted by molar-refractivity contribution is 0.199. The summed E-state index contributed by atoms with van der Waals surface area (Å²) >= 11 is 0. The fraction of sp³-hybridized carbons (Fsp3) is 0.667. The second kappa shape index (κ2) is 7.46. The number of hydrogen-bond acceptors (Lipinski definition) is 4. The zero-order valence-corrected chi connectivity index (χ0v) is 12.1. The molecule has 1 aromatic heterocycles. The molecule has 0 bridgehead atoms. The van der Waals surface area contributed by atoms with E-state index in [1.54, 1.807) is 7.11 Å². The topological polar surface area (TPSA) is 37.4 Å². The molecule has 0 radical (unpaired) electrons. The summed E-state index contributed by atoms with van der Waals surface area (Å²) in [6.07, 6.45) is 6.13. The lowest BCUT2D eigenvalue weighted by atomic mass is 9.85. The van der Waals surface area contributed by atoms with Crippen molar-refractivity contribution in [3.8, 4) is 0 Å².